The van der Waals surface area contributed by atoms with Gasteiger partial charge in [-0.25, -0.2) is 4.98 Å². The summed E-state index contributed by atoms with van der Waals surface area (Å²) in [6.07, 6.45) is 1.39. The van der Waals surface area contributed by atoms with E-state index in [4.69, 9.17) is 0 Å². The molecule has 1 aromatic heterocycles. The highest BCUT2D eigenvalue weighted by Crippen LogP contribution is 2.18. The van der Waals surface area contributed by atoms with Crippen molar-refractivity contribution in [2.24, 2.45) is 0 Å². The molecule has 0 aliphatic heterocycles. The summed E-state index contributed by atoms with van der Waals surface area (Å²) >= 11 is 0. The third kappa shape index (κ3) is 3.93. The van der Waals surface area contributed by atoms with Crippen molar-refractivity contribution >= 4 is 11.0 Å². The van der Waals surface area contributed by atoms with Gasteiger partial charge in [-0.15, -0.1) is 0 Å². The summed E-state index contributed by atoms with van der Waals surface area (Å²) < 4.78 is 2.03. The van der Waals surface area contributed by atoms with Gasteiger partial charge in [-0.3, -0.25) is 4.90 Å². The van der Waals surface area contributed by atoms with E-state index in [2.05, 4.69) is 42.4 Å². The largest absolute Gasteiger partial charge is 0.390 e. The van der Waals surface area contributed by atoms with Gasteiger partial charge in [-0.05, 0) is 51.1 Å². The van der Waals surface area contributed by atoms with E-state index in [-0.39, 0.29) is 0 Å². The average molecular weight is 287 g/mol. The van der Waals surface area contributed by atoms with Crippen LogP contribution in [0.3, 0.4) is 0 Å². The molecule has 0 aliphatic carbocycles. The van der Waals surface area contributed by atoms with Gasteiger partial charge in [0.25, 0.3) is 0 Å². The molecule has 1 N–H and O–H groups in total. The van der Waals surface area contributed by atoms with Crippen LogP contribution in [0.4, 0.5) is 0 Å². The molecule has 114 valence electrons. The number of likely N-dealkylation sites (N-methyl/N-ethyl adjacent to an activating group) is 1. The van der Waals surface area contributed by atoms with E-state index in [0.29, 0.717) is 13.1 Å². The number of nitrogens with zero attached hydrogens (tertiary/aromatic N) is 3. The van der Waals surface area contributed by atoms with Crippen LogP contribution in [-0.2, 0) is 6.54 Å². The van der Waals surface area contributed by atoms with Crippen LogP contribution in [0.5, 0.6) is 0 Å². The molecule has 0 spiro atoms. The number of benzene rings is 1. The van der Waals surface area contributed by atoms with Crippen molar-refractivity contribution in [2.45, 2.75) is 33.4 Å². The number of aromatic nitrogens is 2. The molecule has 0 fully saturated rings. The SMILES string of the molecule is C=C(C)CN(C)CC(O)Cn1cnc2cc(C)c(C)cc21. The first-order valence-electron chi connectivity index (χ1n) is 7.30. The summed E-state index contributed by atoms with van der Waals surface area (Å²) in [7, 11) is 2.00. The molecule has 0 saturated heterocycles. The highest BCUT2D eigenvalue weighted by atomic mass is 16.3. The van der Waals surface area contributed by atoms with Crippen LogP contribution >= 0.6 is 0 Å². The molecule has 1 atom stereocenters. The monoisotopic (exact) mass is 287 g/mol. The number of hydrogen-bond donors (Lipinski definition) is 1. The van der Waals surface area contributed by atoms with Gasteiger partial charge in [0.1, 0.15) is 0 Å². The fourth-order valence-corrected chi connectivity index (χ4v) is 2.63. The molecule has 4 nitrogen and oxygen atoms in total. The first-order valence-corrected chi connectivity index (χ1v) is 7.30. The number of aliphatic hydroxyl groups is 1. The van der Waals surface area contributed by atoms with E-state index >= 15 is 0 Å². The minimum Gasteiger partial charge on any atom is -0.390 e. The van der Waals surface area contributed by atoms with Gasteiger partial charge in [0, 0.05) is 13.1 Å². The van der Waals surface area contributed by atoms with E-state index in [1.54, 1.807) is 0 Å². The Kier molecular flexibility index (Phi) is 4.80. The Labute approximate surface area is 126 Å². The maximum absolute atomic E-state index is 10.3. The van der Waals surface area contributed by atoms with Gasteiger partial charge in [0.2, 0.25) is 0 Å². The van der Waals surface area contributed by atoms with Crippen LogP contribution in [0.15, 0.2) is 30.6 Å². The summed E-state index contributed by atoms with van der Waals surface area (Å²) in [6.45, 7) is 12.1. The predicted molar refractivity (Wildman–Crippen MR) is 87.5 cm³/mol. The molecule has 0 radical (unpaired) electrons. The molecule has 0 saturated carbocycles. The molecule has 2 aromatic rings. The van der Waals surface area contributed by atoms with Crippen LogP contribution < -0.4 is 0 Å². The zero-order chi connectivity index (χ0) is 15.6. The van der Waals surface area contributed by atoms with Gasteiger partial charge < -0.3 is 9.67 Å². The Balaban J connectivity index is 2.09. The van der Waals surface area contributed by atoms with E-state index in [9.17, 15) is 5.11 Å². The topological polar surface area (TPSA) is 41.3 Å². The van der Waals surface area contributed by atoms with Crippen molar-refractivity contribution in [1.82, 2.24) is 14.5 Å². The molecule has 0 bridgehead atoms. The Morgan fingerprint density at radius 3 is 2.71 bits per heavy atom. The lowest BCUT2D eigenvalue weighted by molar-refractivity contribution is 0.114. The summed E-state index contributed by atoms with van der Waals surface area (Å²) in [5, 5.41) is 10.3. The Morgan fingerprint density at radius 1 is 1.38 bits per heavy atom. The first kappa shape index (κ1) is 15.7. The van der Waals surface area contributed by atoms with Crippen LogP contribution in [-0.4, -0.2) is 45.8 Å². The van der Waals surface area contributed by atoms with E-state index in [0.717, 1.165) is 23.2 Å². The predicted octanol–water partition coefficient (Wildman–Crippen LogP) is 2.52. The van der Waals surface area contributed by atoms with Crippen molar-refractivity contribution in [1.29, 1.82) is 0 Å². The molecule has 21 heavy (non-hydrogen) atoms. The van der Waals surface area contributed by atoms with Crippen molar-refractivity contribution in [2.75, 3.05) is 20.1 Å². The first-order chi connectivity index (χ1) is 9.86. The second-order valence-corrected chi connectivity index (χ2v) is 6.13. The maximum Gasteiger partial charge on any atom is 0.0959 e. The molecule has 2 rings (SSSR count). The Bertz CT molecular complexity index is 645. The van der Waals surface area contributed by atoms with Crippen molar-refractivity contribution in [3.05, 3.63) is 41.7 Å². The lowest BCUT2D eigenvalue weighted by Crippen LogP contribution is -2.32. The molecule has 1 heterocycles. The van der Waals surface area contributed by atoms with Crippen molar-refractivity contribution in [3.63, 3.8) is 0 Å². The molecular weight excluding hydrogens is 262 g/mol. The average Bonchev–Trinajstić information content (AvgIpc) is 2.71. The van der Waals surface area contributed by atoms with Crippen molar-refractivity contribution < 1.29 is 5.11 Å². The fourth-order valence-electron chi connectivity index (χ4n) is 2.63. The van der Waals surface area contributed by atoms with Gasteiger partial charge in [0.05, 0.1) is 30.0 Å². The smallest absolute Gasteiger partial charge is 0.0959 e. The van der Waals surface area contributed by atoms with Crippen LogP contribution in [0, 0.1) is 13.8 Å². The van der Waals surface area contributed by atoms with E-state index in [1.165, 1.54) is 11.1 Å². The number of hydrogen-bond acceptors (Lipinski definition) is 3. The summed E-state index contributed by atoms with van der Waals surface area (Å²) in [5.74, 6) is 0. The van der Waals surface area contributed by atoms with E-state index in [1.807, 2.05) is 24.9 Å². The third-order valence-corrected chi connectivity index (χ3v) is 3.71. The Morgan fingerprint density at radius 2 is 2.05 bits per heavy atom. The molecule has 1 unspecified atom stereocenters. The Hall–Kier alpha value is -1.65. The molecule has 0 aliphatic rings. The highest BCUT2D eigenvalue weighted by Gasteiger charge is 2.12. The standard InChI is InChI=1S/C17H25N3O/c1-12(2)8-19(5)9-15(21)10-20-11-18-16-6-13(3)14(4)7-17(16)20/h6-7,11,15,21H,1,8-10H2,2-5H3. The van der Waals surface area contributed by atoms with Crippen LogP contribution in [0.2, 0.25) is 0 Å². The number of imidazole rings is 1. The number of aliphatic hydroxyl groups excluding tert-OH is 1. The zero-order valence-corrected chi connectivity index (χ0v) is 13.4. The van der Waals surface area contributed by atoms with Gasteiger partial charge in [-0.1, -0.05) is 12.2 Å². The summed E-state index contributed by atoms with van der Waals surface area (Å²) in [4.78, 5) is 6.51. The van der Waals surface area contributed by atoms with Crippen LogP contribution in [0.25, 0.3) is 11.0 Å². The second kappa shape index (κ2) is 6.41. The normalized spacial score (nSPS) is 13.0. The molecule has 0 amide bonds. The zero-order valence-electron chi connectivity index (χ0n) is 13.4. The number of rotatable bonds is 6. The lowest BCUT2D eigenvalue weighted by Gasteiger charge is -2.21. The highest BCUT2D eigenvalue weighted by molar-refractivity contribution is 5.77. The second-order valence-electron chi connectivity index (χ2n) is 6.13. The van der Waals surface area contributed by atoms with Gasteiger partial charge >= 0.3 is 0 Å². The molecular formula is C17H25N3O. The third-order valence-electron chi connectivity index (χ3n) is 3.71. The van der Waals surface area contributed by atoms with E-state index < -0.39 is 6.10 Å². The number of aryl methyl sites for hydroxylation is 2. The number of fused-ring (bicyclic) bond motifs is 1. The molecule has 1 aromatic carbocycles. The summed E-state index contributed by atoms with van der Waals surface area (Å²) in [6, 6.07) is 4.24. The molecule has 4 heteroatoms. The van der Waals surface area contributed by atoms with Crippen molar-refractivity contribution in [3.8, 4) is 0 Å². The maximum atomic E-state index is 10.3. The van der Waals surface area contributed by atoms with Gasteiger partial charge in [-0.2, -0.15) is 0 Å². The quantitative estimate of drug-likeness (QED) is 0.830. The van der Waals surface area contributed by atoms with Crippen LogP contribution in [0.1, 0.15) is 18.1 Å². The minimum absolute atomic E-state index is 0.423. The lowest BCUT2D eigenvalue weighted by atomic mass is 10.1. The minimum atomic E-state index is -0.423. The summed E-state index contributed by atoms with van der Waals surface area (Å²) in [5.41, 5.74) is 5.66. The van der Waals surface area contributed by atoms with Gasteiger partial charge in [0.15, 0.2) is 0 Å². The fraction of sp³-hybridized carbons (Fsp3) is 0.471.